The van der Waals surface area contributed by atoms with Gasteiger partial charge in [0.1, 0.15) is 0 Å². The number of thiophene rings is 1. The number of carbonyl (C=O) groups is 2. The van der Waals surface area contributed by atoms with Crippen LogP contribution in [0.3, 0.4) is 0 Å². The van der Waals surface area contributed by atoms with E-state index < -0.39 is 0 Å². The molecule has 2 heterocycles. The number of carbonyl (C=O) groups excluding carboxylic acids is 2. The van der Waals surface area contributed by atoms with Crippen LogP contribution >= 0.6 is 23.1 Å². The molecule has 182 valence electrons. The van der Waals surface area contributed by atoms with Crippen molar-refractivity contribution in [2.75, 3.05) is 19.3 Å². The van der Waals surface area contributed by atoms with E-state index >= 15 is 0 Å². The highest BCUT2D eigenvalue weighted by Gasteiger charge is 2.30. The van der Waals surface area contributed by atoms with Crippen LogP contribution in [0, 0.1) is 11.3 Å². The minimum Gasteiger partial charge on any atom is -0.350 e. The Morgan fingerprint density at radius 1 is 1.24 bits per heavy atom. The lowest BCUT2D eigenvalue weighted by atomic mass is 9.72. The highest BCUT2D eigenvalue weighted by atomic mass is 32.2. The van der Waals surface area contributed by atoms with Crippen LogP contribution in [-0.4, -0.2) is 56.4 Å². The van der Waals surface area contributed by atoms with Gasteiger partial charge in [0.15, 0.2) is 11.0 Å². The summed E-state index contributed by atoms with van der Waals surface area (Å²) in [5, 5.41) is 12.3. The molecule has 0 bridgehead atoms. The summed E-state index contributed by atoms with van der Waals surface area (Å²) in [6, 6.07) is 2.28. The maximum atomic E-state index is 12.5. The van der Waals surface area contributed by atoms with Gasteiger partial charge in [0.2, 0.25) is 11.8 Å². The van der Waals surface area contributed by atoms with E-state index in [1.165, 1.54) is 33.5 Å². The lowest BCUT2D eigenvalue weighted by Gasteiger charge is -2.33. The van der Waals surface area contributed by atoms with Crippen LogP contribution in [-0.2, 0) is 29.5 Å². The number of nitrogens with one attached hydrogen (secondary N) is 1. The summed E-state index contributed by atoms with van der Waals surface area (Å²) >= 11 is 3.17. The highest BCUT2D eigenvalue weighted by Crippen LogP contribution is 2.42. The Morgan fingerprint density at radius 2 is 1.94 bits per heavy atom. The van der Waals surface area contributed by atoms with Crippen molar-refractivity contribution in [3.05, 3.63) is 16.5 Å². The quantitative estimate of drug-likeness (QED) is 0.614. The van der Waals surface area contributed by atoms with E-state index in [1.807, 2.05) is 43.7 Å². The van der Waals surface area contributed by atoms with Crippen molar-refractivity contribution in [2.45, 2.75) is 71.5 Å². The Bertz CT molecular complexity index is 1010. The summed E-state index contributed by atoms with van der Waals surface area (Å²) in [4.78, 5) is 28.7. The van der Waals surface area contributed by atoms with E-state index in [9.17, 15) is 9.59 Å². The molecule has 0 saturated heterocycles. The molecule has 0 saturated carbocycles. The van der Waals surface area contributed by atoms with Gasteiger partial charge in [0, 0.05) is 24.5 Å². The van der Waals surface area contributed by atoms with Gasteiger partial charge in [-0.05, 0) is 63.0 Å². The molecule has 1 atom stereocenters. The molecule has 0 aliphatic heterocycles. The second-order valence-corrected chi connectivity index (χ2v) is 13.1. The maximum absolute atomic E-state index is 12.5. The summed E-state index contributed by atoms with van der Waals surface area (Å²) in [5.74, 6) is 1.47. The zero-order valence-electron chi connectivity index (χ0n) is 21.1. The van der Waals surface area contributed by atoms with E-state index in [-0.39, 0.29) is 29.7 Å². The lowest BCUT2D eigenvalue weighted by Crippen LogP contribution is -2.46. The van der Waals surface area contributed by atoms with Crippen molar-refractivity contribution in [3.8, 4) is 10.7 Å². The van der Waals surface area contributed by atoms with Crippen molar-refractivity contribution in [2.24, 2.45) is 18.4 Å². The summed E-state index contributed by atoms with van der Waals surface area (Å²) in [5.41, 5.74) is 1.45. The molecular weight excluding hydrogens is 454 g/mol. The number of thioether (sulfide) groups is 1. The Balaban J connectivity index is 1.61. The number of aromatic nitrogens is 3. The lowest BCUT2D eigenvalue weighted by molar-refractivity contribution is -0.133. The molecule has 9 heteroatoms. The third-order valence-electron chi connectivity index (χ3n) is 6.01. The Kier molecular flexibility index (Phi) is 7.63. The van der Waals surface area contributed by atoms with Crippen molar-refractivity contribution in [1.82, 2.24) is 25.0 Å². The van der Waals surface area contributed by atoms with Gasteiger partial charge in [0.05, 0.1) is 17.2 Å². The van der Waals surface area contributed by atoms with Gasteiger partial charge < -0.3 is 14.8 Å². The number of amides is 2. The van der Waals surface area contributed by atoms with Crippen molar-refractivity contribution in [3.63, 3.8) is 0 Å². The molecule has 2 aromatic rings. The Labute approximate surface area is 205 Å². The predicted octanol–water partition coefficient (Wildman–Crippen LogP) is 4.16. The van der Waals surface area contributed by atoms with Gasteiger partial charge in [-0.1, -0.05) is 32.5 Å². The van der Waals surface area contributed by atoms with Crippen LogP contribution in [0.2, 0.25) is 0 Å². The first kappa shape index (κ1) is 25.7. The predicted molar refractivity (Wildman–Crippen MR) is 136 cm³/mol. The topological polar surface area (TPSA) is 80.1 Å². The average molecular weight is 492 g/mol. The van der Waals surface area contributed by atoms with Crippen LogP contribution in [0.25, 0.3) is 10.7 Å². The molecule has 0 spiro atoms. The largest absolute Gasteiger partial charge is 0.350 e. The number of rotatable bonds is 6. The third-order valence-corrected chi connectivity index (χ3v) is 8.25. The van der Waals surface area contributed by atoms with Gasteiger partial charge >= 0.3 is 0 Å². The van der Waals surface area contributed by atoms with E-state index in [1.54, 1.807) is 7.05 Å². The van der Waals surface area contributed by atoms with Gasteiger partial charge in [-0.2, -0.15) is 0 Å². The zero-order valence-corrected chi connectivity index (χ0v) is 22.7. The fraction of sp³-hybridized carbons (Fsp3) is 0.667. The SMILES string of the molecule is CN(CC(=O)NC(C)(C)C)C(=O)CSc1nnc(-c2cc3c(s2)CC[C@@H](C(C)(C)C)C3)n1C. The van der Waals surface area contributed by atoms with E-state index in [4.69, 9.17) is 0 Å². The standard InChI is InChI=1S/C24H37N5O2S2/c1-23(2,3)16-9-10-17-15(11-16)12-18(33-17)21-26-27-22(29(21)8)32-14-20(31)28(7)13-19(30)25-24(4,5)6/h12,16H,9-11,13-14H2,1-8H3,(H,25,30)/t16-/m1/s1. The number of fused-ring (bicyclic) bond motifs is 1. The maximum Gasteiger partial charge on any atom is 0.240 e. The summed E-state index contributed by atoms with van der Waals surface area (Å²) in [7, 11) is 3.59. The number of aryl methyl sites for hydroxylation is 1. The van der Waals surface area contributed by atoms with Crippen LogP contribution in [0.4, 0.5) is 0 Å². The van der Waals surface area contributed by atoms with Crippen molar-refractivity contribution >= 4 is 34.9 Å². The molecule has 0 unspecified atom stereocenters. The van der Waals surface area contributed by atoms with E-state index in [0.717, 1.165) is 23.5 Å². The minimum atomic E-state index is -0.320. The second-order valence-electron chi connectivity index (χ2n) is 11.1. The van der Waals surface area contributed by atoms with Crippen LogP contribution in [0.1, 0.15) is 58.4 Å². The highest BCUT2D eigenvalue weighted by molar-refractivity contribution is 7.99. The van der Waals surface area contributed by atoms with Gasteiger partial charge in [-0.25, -0.2) is 0 Å². The fourth-order valence-electron chi connectivity index (χ4n) is 4.03. The van der Waals surface area contributed by atoms with Crippen LogP contribution in [0.5, 0.6) is 0 Å². The summed E-state index contributed by atoms with van der Waals surface area (Å²) in [6.45, 7) is 12.8. The first-order valence-corrected chi connectivity index (χ1v) is 13.2. The third kappa shape index (κ3) is 6.59. The second kappa shape index (κ2) is 9.78. The van der Waals surface area contributed by atoms with Gasteiger partial charge in [-0.3, -0.25) is 9.59 Å². The number of likely N-dealkylation sites (N-methyl/N-ethyl adjacent to an activating group) is 1. The molecule has 2 amide bonds. The zero-order chi connectivity index (χ0) is 24.6. The first-order valence-electron chi connectivity index (χ1n) is 11.4. The molecule has 33 heavy (non-hydrogen) atoms. The van der Waals surface area contributed by atoms with Crippen molar-refractivity contribution < 1.29 is 9.59 Å². The average Bonchev–Trinajstić information content (AvgIpc) is 3.26. The fourth-order valence-corrected chi connectivity index (χ4v) is 6.11. The molecular formula is C24H37N5O2S2. The Hall–Kier alpha value is -1.87. The molecule has 3 rings (SSSR count). The molecule has 1 aliphatic carbocycles. The number of nitrogens with zero attached hydrogens (tertiary/aromatic N) is 4. The monoisotopic (exact) mass is 491 g/mol. The molecule has 0 fully saturated rings. The summed E-state index contributed by atoms with van der Waals surface area (Å²) in [6.07, 6.45) is 3.49. The minimum absolute atomic E-state index is 0.0387. The van der Waals surface area contributed by atoms with Crippen LogP contribution in [0.15, 0.2) is 11.2 Å². The molecule has 1 aliphatic rings. The molecule has 0 aromatic carbocycles. The van der Waals surface area contributed by atoms with E-state index in [2.05, 4.69) is 42.4 Å². The number of hydrogen-bond donors (Lipinski definition) is 1. The normalized spacial score (nSPS) is 16.4. The van der Waals surface area contributed by atoms with Crippen LogP contribution < -0.4 is 5.32 Å². The molecule has 0 radical (unpaired) electrons. The number of hydrogen-bond acceptors (Lipinski definition) is 6. The summed E-state index contributed by atoms with van der Waals surface area (Å²) < 4.78 is 1.96. The van der Waals surface area contributed by atoms with Gasteiger partial charge in [-0.15, -0.1) is 21.5 Å². The first-order chi connectivity index (χ1) is 15.2. The van der Waals surface area contributed by atoms with E-state index in [0.29, 0.717) is 16.5 Å². The van der Waals surface area contributed by atoms with Gasteiger partial charge in [0.25, 0.3) is 0 Å². The molecule has 1 N–H and O–H groups in total. The molecule has 2 aromatic heterocycles. The molecule has 7 nitrogen and oxygen atoms in total. The van der Waals surface area contributed by atoms with Crippen molar-refractivity contribution in [1.29, 1.82) is 0 Å². The smallest absolute Gasteiger partial charge is 0.240 e. The Morgan fingerprint density at radius 3 is 2.58 bits per heavy atom.